The molecule has 1 fully saturated rings. The third kappa shape index (κ3) is 2.39. The normalized spacial score (nSPS) is 21.3. The molecule has 0 unspecified atom stereocenters. The number of benzene rings is 1. The number of aryl methyl sites for hydroxylation is 2. The molecule has 2 N–H and O–H groups in total. The summed E-state index contributed by atoms with van der Waals surface area (Å²) in [4.78, 5) is 0. The first-order chi connectivity index (χ1) is 8.84. The molecule has 98 valence electrons. The zero-order valence-corrected chi connectivity index (χ0v) is 11.0. The Kier molecular flexibility index (Phi) is 3.55. The lowest BCUT2D eigenvalue weighted by Gasteiger charge is -2.24. The van der Waals surface area contributed by atoms with Gasteiger partial charge in [-0.15, -0.1) is 0 Å². The molecule has 18 heavy (non-hydrogen) atoms. The van der Waals surface area contributed by atoms with E-state index in [1.54, 1.807) is 0 Å². The summed E-state index contributed by atoms with van der Waals surface area (Å²) in [5.41, 5.74) is 4.10. The molecular formula is C16H23NO. The summed E-state index contributed by atoms with van der Waals surface area (Å²) in [7, 11) is 0. The average Bonchev–Trinajstić information content (AvgIpc) is 2.63. The average molecular weight is 245 g/mol. The molecule has 1 heterocycles. The van der Waals surface area contributed by atoms with E-state index in [-0.39, 0.29) is 0 Å². The Labute approximate surface area is 109 Å². The predicted octanol–water partition coefficient (Wildman–Crippen LogP) is 3.13. The highest BCUT2D eigenvalue weighted by Crippen LogP contribution is 2.35. The van der Waals surface area contributed by atoms with E-state index in [9.17, 15) is 5.11 Å². The van der Waals surface area contributed by atoms with Gasteiger partial charge in [0.05, 0.1) is 0 Å². The van der Waals surface area contributed by atoms with Crippen molar-refractivity contribution in [2.24, 2.45) is 0 Å². The molecule has 0 spiro atoms. The Hall–Kier alpha value is -1.02. The summed E-state index contributed by atoms with van der Waals surface area (Å²) in [5.74, 6) is 1.10. The van der Waals surface area contributed by atoms with Crippen LogP contribution in [0, 0.1) is 0 Å². The van der Waals surface area contributed by atoms with Gasteiger partial charge in [0.15, 0.2) is 0 Å². The van der Waals surface area contributed by atoms with Gasteiger partial charge in [0.25, 0.3) is 0 Å². The van der Waals surface area contributed by atoms with Crippen LogP contribution in [0.5, 0.6) is 5.75 Å². The van der Waals surface area contributed by atoms with E-state index >= 15 is 0 Å². The molecule has 0 atom stereocenters. The fourth-order valence-corrected chi connectivity index (χ4v) is 3.43. The lowest BCUT2D eigenvalue weighted by Crippen LogP contribution is -2.26. The highest BCUT2D eigenvalue weighted by atomic mass is 16.3. The fraction of sp³-hybridized carbons (Fsp3) is 0.625. The number of hydrogen-bond acceptors (Lipinski definition) is 2. The van der Waals surface area contributed by atoms with E-state index in [2.05, 4.69) is 17.4 Å². The molecule has 2 heteroatoms. The van der Waals surface area contributed by atoms with Gasteiger partial charge >= 0.3 is 0 Å². The van der Waals surface area contributed by atoms with Crippen molar-refractivity contribution in [2.75, 3.05) is 13.1 Å². The minimum absolute atomic E-state index is 0.544. The fourth-order valence-electron chi connectivity index (χ4n) is 3.43. The van der Waals surface area contributed by atoms with E-state index in [1.807, 2.05) is 0 Å². The molecular weight excluding hydrogens is 222 g/mol. The molecule has 0 bridgehead atoms. The third-order valence-corrected chi connectivity index (χ3v) is 4.52. The molecule has 2 nitrogen and oxygen atoms in total. The van der Waals surface area contributed by atoms with Gasteiger partial charge in [-0.25, -0.2) is 0 Å². The SMILES string of the molecule is Oc1cc2c(cc1C1CCNCC1)CCCCC2. The number of rotatable bonds is 1. The van der Waals surface area contributed by atoms with Gasteiger partial charge in [-0.05, 0) is 80.3 Å². The molecule has 1 aromatic carbocycles. The van der Waals surface area contributed by atoms with Gasteiger partial charge in [-0.1, -0.05) is 12.5 Å². The lowest BCUT2D eigenvalue weighted by atomic mass is 9.86. The molecule has 0 saturated carbocycles. The van der Waals surface area contributed by atoms with Crippen LogP contribution < -0.4 is 5.32 Å². The summed E-state index contributed by atoms with van der Waals surface area (Å²) in [6.45, 7) is 2.17. The van der Waals surface area contributed by atoms with Crippen LogP contribution in [0.4, 0.5) is 0 Å². The van der Waals surface area contributed by atoms with Crippen molar-refractivity contribution in [3.63, 3.8) is 0 Å². The Morgan fingerprint density at radius 3 is 2.33 bits per heavy atom. The number of phenols is 1. The van der Waals surface area contributed by atoms with Crippen molar-refractivity contribution in [1.82, 2.24) is 5.32 Å². The van der Waals surface area contributed by atoms with Gasteiger partial charge < -0.3 is 10.4 Å². The molecule has 1 aliphatic carbocycles. The van der Waals surface area contributed by atoms with Gasteiger partial charge in [-0.3, -0.25) is 0 Å². The lowest BCUT2D eigenvalue weighted by molar-refractivity contribution is 0.423. The summed E-state index contributed by atoms with van der Waals surface area (Å²) in [5, 5.41) is 13.7. The number of aromatic hydroxyl groups is 1. The van der Waals surface area contributed by atoms with E-state index in [4.69, 9.17) is 0 Å². The summed E-state index contributed by atoms with van der Waals surface area (Å²) in [6, 6.07) is 4.37. The quantitative estimate of drug-likeness (QED) is 0.745. The van der Waals surface area contributed by atoms with Gasteiger partial charge in [0.2, 0.25) is 0 Å². The summed E-state index contributed by atoms with van der Waals surface area (Å²) >= 11 is 0. The number of piperidine rings is 1. The first-order valence-electron chi connectivity index (χ1n) is 7.40. The maximum absolute atomic E-state index is 10.3. The van der Waals surface area contributed by atoms with Crippen molar-refractivity contribution in [3.05, 3.63) is 28.8 Å². The van der Waals surface area contributed by atoms with E-state index < -0.39 is 0 Å². The van der Waals surface area contributed by atoms with Crippen molar-refractivity contribution in [2.45, 2.75) is 50.9 Å². The number of nitrogens with one attached hydrogen (secondary N) is 1. The molecule has 0 amide bonds. The zero-order valence-electron chi connectivity index (χ0n) is 11.0. The number of hydrogen-bond donors (Lipinski definition) is 2. The molecule has 0 radical (unpaired) electrons. The van der Waals surface area contributed by atoms with Crippen molar-refractivity contribution in [3.8, 4) is 5.75 Å². The van der Waals surface area contributed by atoms with Crippen LogP contribution in [-0.2, 0) is 12.8 Å². The third-order valence-electron chi connectivity index (χ3n) is 4.52. The van der Waals surface area contributed by atoms with Crippen LogP contribution in [0.2, 0.25) is 0 Å². The van der Waals surface area contributed by atoms with Crippen molar-refractivity contribution >= 4 is 0 Å². The molecule has 0 aromatic heterocycles. The van der Waals surface area contributed by atoms with Crippen molar-refractivity contribution < 1.29 is 5.11 Å². The first-order valence-corrected chi connectivity index (χ1v) is 7.40. The predicted molar refractivity (Wildman–Crippen MR) is 74.2 cm³/mol. The van der Waals surface area contributed by atoms with Crippen LogP contribution in [-0.4, -0.2) is 18.2 Å². The Balaban J connectivity index is 1.92. The highest BCUT2D eigenvalue weighted by Gasteiger charge is 2.20. The van der Waals surface area contributed by atoms with Crippen molar-refractivity contribution in [1.29, 1.82) is 0 Å². The van der Waals surface area contributed by atoms with Crippen LogP contribution in [0.25, 0.3) is 0 Å². The molecule has 3 rings (SSSR count). The number of phenolic OH excluding ortho intramolecular Hbond substituents is 1. The molecule has 1 saturated heterocycles. The largest absolute Gasteiger partial charge is 0.508 e. The highest BCUT2D eigenvalue weighted by molar-refractivity contribution is 5.44. The van der Waals surface area contributed by atoms with Crippen LogP contribution in [0.15, 0.2) is 12.1 Å². The maximum Gasteiger partial charge on any atom is 0.119 e. The zero-order chi connectivity index (χ0) is 12.4. The maximum atomic E-state index is 10.3. The Bertz CT molecular complexity index is 421. The van der Waals surface area contributed by atoms with E-state index in [1.165, 1.54) is 42.4 Å². The minimum atomic E-state index is 0.544. The van der Waals surface area contributed by atoms with Gasteiger partial charge in [-0.2, -0.15) is 0 Å². The first kappa shape index (κ1) is 12.0. The Morgan fingerprint density at radius 1 is 0.944 bits per heavy atom. The standard InChI is InChI=1S/C16H23NO/c18-16-11-14-5-3-1-2-4-13(14)10-15(16)12-6-8-17-9-7-12/h10-12,17-18H,1-9H2. The monoisotopic (exact) mass is 245 g/mol. The van der Waals surface area contributed by atoms with E-state index in [0.717, 1.165) is 32.4 Å². The van der Waals surface area contributed by atoms with Crippen LogP contribution in [0.3, 0.4) is 0 Å². The topological polar surface area (TPSA) is 32.3 Å². The number of fused-ring (bicyclic) bond motifs is 1. The minimum Gasteiger partial charge on any atom is -0.508 e. The molecule has 1 aliphatic heterocycles. The van der Waals surface area contributed by atoms with Crippen LogP contribution >= 0.6 is 0 Å². The second kappa shape index (κ2) is 5.31. The summed E-state index contributed by atoms with van der Waals surface area (Å²) < 4.78 is 0. The summed E-state index contributed by atoms with van der Waals surface area (Å²) in [6.07, 6.45) is 8.59. The molecule has 2 aliphatic rings. The van der Waals surface area contributed by atoms with Crippen LogP contribution in [0.1, 0.15) is 54.7 Å². The smallest absolute Gasteiger partial charge is 0.119 e. The van der Waals surface area contributed by atoms with E-state index in [0.29, 0.717) is 11.7 Å². The second-order valence-electron chi connectivity index (χ2n) is 5.76. The second-order valence-corrected chi connectivity index (χ2v) is 5.76. The Morgan fingerprint density at radius 2 is 1.61 bits per heavy atom. The molecule has 1 aromatic rings. The van der Waals surface area contributed by atoms with Gasteiger partial charge in [0, 0.05) is 0 Å². The van der Waals surface area contributed by atoms with Gasteiger partial charge in [0.1, 0.15) is 5.75 Å².